The van der Waals surface area contributed by atoms with E-state index in [9.17, 15) is 9.59 Å². The van der Waals surface area contributed by atoms with Crippen molar-refractivity contribution in [2.75, 3.05) is 13.1 Å². The van der Waals surface area contributed by atoms with Gasteiger partial charge in [0.05, 0.1) is 5.92 Å². The smallest absolute Gasteiger partial charge is 0.410 e. The number of carbonyl (C=O) groups is 2. The number of likely N-dealkylation sites (tertiary alicyclic amines) is 1. The minimum atomic E-state index is -0.777. The number of amides is 1. The van der Waals surface area contributed by atoms with Crippen molar-refractivity contribution in [1.82, 2.24) is 4.90 Å². The summed E-state index contributed by atoms with van der Waals surface area (Å²) in [6.45, 7) is 8.38. The molecule has 0 aromatic carbocycles. The molecular weight excluding hydrogens is 222 g/mol. The molecule has 0 aliphatic carbocycles. The topological polar surface area (TPSA) is 66.8 Å². The lowest BCUT2D eigenvalue weighted by atomic mass is 9.90. The maximum atomic E-state index is 11.6. The predicted octanol–water partition coefficient (Wildman–Crippen LogP) is 1.96. The minimum Gasteiger partial charge on any atom is -0.481 e. The van der Waals surface area contributed by atoms with Crippen LogP contribution in [0.25, 0.3) is 0 Å². The largest absolute Gasteiger partial charge is 0.481 e. The Morgan fingerprint density at radius 2 is 1.94 bits per heavy atom. The lowest BCUT2D eigenvalue weighted by Gasteiger charge is -2.40. The molecule has 0 aromatic heterocycles. The summed E-state index contributed by atoms with van der Waals surface area (Å²) in [6, 6.07) is 0. The second kappa shape index (κ2) is 4.94. The molecular formula is C12H21NO4. The van der Waals surface area contributed by atoms with Gasteiger partial charge in [0.2, 0.25) is 0 Å². The average Bonchev–Trinajstić information content (AvgIpc) is 2.06. The van der Waals surface area contributed by atoms with Gasteiger partial charge in [-0.15, -0.1) is 0 Å². The monoisotopic (exact) mass is 243 g/mol. The zero-order chi connectivity index (χ0) is 13.2. The maximum Gasteiger partial charge on any atom is 0.410 e. The van der Waals surface area contributed by atoms with Gasteiger partial charge >= 0.3 is 12.1 Å². The molecule has 0 radical (unpaired) electrons. The van der Waals surface area contributed by atoms with Crippen LogP contribution in [0, 0.1) is 11.8 Å². The van der Waals surface area contributed by atoms with Crippen LogP contribution in [-0.2, 0) is 9.53 Å². The molecule has 1 aliphatic rings. The Morgan fingerprint density at radius 3 is 2.35 bits per heavy atom. The molecule has 0 saturated carbocycles. The van der Waals surface area contributed by atoms with Crippen LogP contribution in [0.1, 0.15) is 34.1 Å². The third-order valence-corrected chi connectivity index (χ3v) is 2.72. The number of rotatable bonds is 3. The number of hydrogen-bond donors (Lipinski definition) is 1. The lowest BCUT2D eigenvalue weighted by Crippen LogP contribution is -2.52. The Labute approximate surface area is 102 Å². The first-order chi connectivity index (χ1) is 7.69. The van der Waals surface area contributed by atoms with Crippen molar-refractivity contribution in [3.05, 3.63) is 0 Å². The van der Waals surface area contributed by atoms with E-state index in [-0.39, 0.29) is 17.9 Å². The lowest BCUT2D eigenvalue weighted by molar-refractivity contribution is -0.142. The Morgan fingerprint density at radius 1 is 1.41 bits per heavy atom. The van der Waals surface area contributed by atoms with Crippen molar-refractivity contribution >= 4 is 12.1 Å². The third-order valence-electron chi connectivity index (χ3n) is 2.72. The molecule has 0 bridgehead atoms. The molecule has 98 valence electrons. The van der Waals surface area contributed by atoms with Gasteiger partial charge in [-0.25, -0.2) is 4.79 Å². The highest BCUT2D eigenvalue weighted by atomic mass is 16.6. The van der Waals surface area contributed by atoms with E-state index in [0.717, 1.165) is 0 Å². The van der Waals surface area contributed by atoms with Gasteiger partial charge in [0, 0.05) is 13.1 Å². The molecule has 0 spiro atoms. The summed E-state index contributed by atoms with van der Waals surface area (Å²) in [6.07, 6.45) is 0.311. The first-order valence-corrected chi connectivity index (χ1v) is 5.90. The fourth-order valence-electron chi connectivity index (χ4n) is 1.80. The Kier molecular flexibility index (Phi) is 4.01. The maximum absolute atomic E-state index is 11.6. The fourth-order valence-corrected chi connectivity index (χ4v) is 1.80. The van der Waals surface area contributed by atoms with E-state index in [0.29, 0.717) is 19.5 Å². The molecule has 1 unspecified atom stereocenters. The molecule has 1 saturated heterocycles. The molecule has 5 heteroatoms. The summed E-state index contributed by atoms with van der Waals surface area (Å²) >= 11 is 0. The van der Waals surface area contributed by atoms with E-state index in [1.54, 1.807) is 11.8 Å². The van der Waals surface area contributed by atoms with Gasteiger partial charge in [-0.2, -0.15) is 0 Å². The molecule has 5 nitrogen and oxygen atoms in total. The summed E-state index contributed by atoms with van der Waals surface area (Å²) in [5, 5.41) is 8.77. The van der Waals surface area contributed by atoms with Crippen molar-refractivity contribution in [3.8, 4) is 0 Å². The summed E-state index contributed by atoms with van der Waals surface area (Å²) < 4.78 is 5.21. The van der Waals surface area contributed by atoms with Crippen molar-refractivity contribution in [2.45, 2.75) is 39.7 Å². The van der Waals surface area contributed by atoms with Gasteiger partial charge in [0.15, 0.2) is 0 Å². The van der Waals surface area contributed by atoms with E-state index in [2.05, 4.69) is 0 Å². The zero-order valence-corrected chi connectivity index (χ0v) is 10.9. The normalized spacial score (nSPS) is 18.5. The van der Waals surface area contributed by atoms with Crippen LogP contribution in [0.2, 0.25) is 0 Å². The molecule has 1 aliphatic heterocycles. The van der Waals surface area contributed by atoms with Crippen LogP contribution in [0.15, 0.2) is 0 Å². The number of hydrogen-bond acceptors (Lipinski definition) is 3. The molecule has 1 fully saturated rings. The highest BCUT2D eigenvalue weighted by molar-refractivity contribution is 5.70. The second-order valence-corrected chi connectivity index (χ2v) is 5.73. The van der Waals surface area contributed by atoms with Crippen LogP contribution >= 0.6 is 0 Å². The Balaban J connectivity index is 2.27. The first kappa shape index (κ1) is 13.8. The van der Waals surface area contributed by atoms with E-state index >= 15 is 0 Å². The number of nitrogens with zero attached hydrogens (tertiary/aromatic N) is 1. The highest BCUT2D eigenvalue weighted by Crippen LogP contribution is 2.25. The van der Waals surface area contributed by atoms with Gasteiger partial charge in [0.1, 0.15) is 5.60 Å². The average molecular weight is 243 g/mol. The molecule has 1 rings (SSSR count). The van der Waals surface area contributed by atoms with Crippen LogP contribution in [0.5, 0.6) is 0 Å². The van der Waals surface area contributed by atoms with Crippen molar-refractivity contribution in [3.63, 3.8) is 0 Å². The number of ether oxygens (including phenoxy) is 1. The van der Waals surface area contributed by atoms with Crippen molar-refractivity contribution in [1.29, 1.82) is 0 Å². The van der Waals surface area contributed by atoms with E-state index in [1.807, 2.05) is 20.8 Å². The van der Waals surface area contributed by atoms with E-state index in [1.165, 1.54) is 0 Å². The number of carboxylic acids is 1. The fraction of sp³-hybridized carbons (Fsp3) is 0.833. The molecule has 1 heterocycles. The number of carbonyl (C=O) groups excluding carboxylic acids is 1. The Hall–Kier alpha value is -1.26. The second-order valence-electron chi connectivity index (χ2n) is 5.73. The van der Waals surface area contributed by atoms with Crippen molar-refractivity contribution < 1.29 is 19.4 Å². The summed E-state index contributed by atoms with van der Waals surface area (Å²) in [5.41, 5.74) is -0.476. The predicted molar refractivity (Wildman–Crippen MR) is 62.7 cm³/mol. The van der Waals surface area contributed by atoms with Gasteiger partial charge in [-0.3, -0.25) is 4.79 Å². The van der Waals surface area contributed by atoms with Crippen LogP contribution in [-0.4, -0.2) is 40.8 Å². The summed E-state index contributed by atoms with van der Waals surface area (Å²) in [4.78, 5) is 23.9. The van der Waals surface area contributed by atoms with Crippen LogP contribution < -0.4 is 0 Å². The van der Waals surface area contributed by atoms with Gasteiger partial charge in [-0.1, -0.05) is 6.92 Å². The molecule has 1 atom stereocenters. The molecule has 1 N–H and O–H groups in total. The summed E-state index contributed by atoms with van der Waals surface area (Å²) in [7, 11) is 0. The zero-order valence-electron chi connectivity index (χ0n) is 10.9. The Bertz CT molecular complexity index is 302. The summed E-state index contributed by atoms with van der Waals surface area (Å²) in [5.74, 6) is -0.838. The number of carboxylic acid groups (broad SMARTS) is 1. The third kappa shape index (κ3) is 4.24. The SMILES string of the molecule is CC(CC1CN(C(=O)OC(C)(C)C)C1)C(=O)O. The van der Waals surface area contributed by atoms with Crippen LogP contribution in [0.3, 0.4) is 0 Å². The minimum absolute atomic E-state index is 0.286. The van der Waals surface area contributed by atoms with Gasteiger partial charge in [0.25, 0.3) is 0 Å². The quantitative estimate of drug-likeness (QED) is 0.822. The van der Waals surface area contributed by atoms with E-state index in [4.69, 9.17) is 9.84 Å². The van der Waals surface area contributed by atoms with E-state index < -0.39 is 11.6 Å². The van der Waals surface area contributed by atoms with Gasteiger partial charge in [-0.05, 0) is 33.1 Å². The molecule has 0 aromatic rings. The number of aliphatic carboxylic acids is 1. The molecule has 17 heavy (non-hydrogen) atoms. The van der Waals surface area contributed by atoms with Crippen molar-refractivity contribution in [2.24, 2.45) is 11.8 Å². The van der Waals surface area contributed by atoms with Crippen LogP contribution in [0.4, 0.5) is 4.79 Å². The molecule has 1 amide bonds. The standard InChI is InChI=1S/C12H21NO4/c1-8(10(14)15)5-9-6-13(7-9)11(16)17-12(2,3)4/h8-9H,5-7H2,1-4H3,(H,14,15). The first-order valence-electron chi connectivity index (χ1n) is 5.90. The highest BCUT2D eigenvalue weighted by Gasteiger charge is 2.35. The van der Waals surface area contributed by atoms with Gasteiger partial charge < -0.3 is 14.7 Å².